The molecule has 0 atom stereocenters. The lowest BCUT2D eigenvalue weighted by Gasteiger charge is -2.02. The minimum absolute atomic E-state index is 0.452. The van der Waals surface area contributed by atoms with Crippen LogP contribution in [0.1, 0.15) is 21.8 Å². The van der Waals surface area contributed by atoms with Crippen LogP contribution in [0.3, 0.4) is 0 Å². The van der Waals surface area contributed by atoms with E-state index in [-0.39, 0.29) is 0 Å². The molecule has 0 aliphatic rings. The van der Waals surface area contributed by atoms with Gasteiger partial charge in [0.05, 0.1) is 16.0 Å². The first-order chi connectivity index (χ1) is 10.8. The molecule has 0 amide bonds. The molecular weight excluding hydrogens is 314 g/mol. The molecule has 2 heterocycles. The smallest absolute Gasteiger partial charge is 0.213 e. The maximum Gasteiger partial charge on any atom is 0.213 e. The molecule has 3 rings (SSSR count). The number of aromatic nitrogens is 3. The maximum atomic E-state index is 9.17. The highest BCUT2D eigenvalue weighted by Gasteiger charge is 2.13. The SMILES string of the molecule is N#Cc1cccc(C#N)c1Sc1n[nH]c(Cc2cccs2)n1. The Morgan fingerprint density at radius 3 is 2.55 bits per heavy atom. The summed E-state index contributed by atoms with van der Waals surface area (Å²) in [6, 6.07) is 13.3. The predicted octanol–water partition coefficient (Wildman–Crippen LogP) is 3.35. The standard InChI is InChI=1S/C15H9N5S2/c16-8-10-3-1-4-11(9-17)14(10)22-15-18-13(19-20-15)7-12-5-2-6-21-12/h1-6H,7H2,(H,18,19,20). The zero-order chi connectivity index (χ0) is 15.4. The van der Waals surface area contributed by atoms with Gasteiger partial charge >= 0.3 is 0 Å². The van der Waals surface area contributed by atoms with E-state index in [2.05, 4.69) is 27.3 Å². The van der Waals surface area contributed by atoms with Crippen LogP contribution in [0.4, 0.5) is 0 Å². The number of benzene rings is 1. The third kappa shape index (κ3) is 3.01. The van der Waals surface area contributed by atoms with E-state index in [0.29, 0.717) is 27.6 Å². The molecule has 5 nitrogen and oxygen atoms in total. The Balaban J connectivity index is 1.84. The molecule has 2 aromatic heterocycles. The molecule has 0 radical (unpaired) electrons. The lowest BCUT2D eigenvalue weighted by molar-refractivity contribution is 0.960. The van der Waals surface area contributed by atoms with Gasteiger partial charge in [0.25, 0.3) is 0 Å². The quantitative estimate of drug-likeness (QED) is 0.795. The molecule has 106 valence electrons. The van der Waals surface area contributed by atoms with Gasteiger partial charge in [0, 0.05) is 11.3 Å². The summed E-state index contributed by atoms with van der Waals surface area (Å²) in [7, 11) is 0. The van der Waals surface area contributed by atoms with Gasteiger partial charge in [-0.1, -0.05) is 12.1 Å². The van der Waals surface area contributed by atoms with Crippen molar-refractivity contribution in [1.29, 1.82) is 10.5 Å². The maximum absolute atomic E-state index is 9.17. The normalized spacial score (nSPS) is 10.1. The Hall–Kier alpha value is -2.61. The minimum atomic E-state index is 0.452. The van der Waals surface area contributed by atoms with Crippen molar-refractivity contribution in [2.75, 3.05) is 0 Å². The molecule has 0 bridgehead atoms. The number of thiophene rings is 1. The van der Waals surface area contributed by atoms with Crippen LogP contribution >= 0.6 is 23.1 Å². The molecule has 0 fully saturated rings. The molecule has 0 aliphatic carbocycles. The molecule has 3 aromatic rings. The van der Waals surface area contributed by atoms with Crippen LogP contribution < -0.4 is 0 Å². The lowest BCUT2D eigenvalue weighted by Crippen LogP contribution is -1.89. The molecule has 0 unspecified atom stereocenters. The summed E-state index contributed by atoms with van der Waals surface area (Å²) < 4.78 is 0. The number of rotatable bonds is 4. The van der Waals surface area contributed by atoms with Crippen molar-refractivity contribution < 1.29 is 0 Å². The fourth-order valence-electron chi connectivity index (χ4n) is 1.90. The number of hydrogen-bond donors (Lipinski definition) is 1. The van der Waals surface area contributed by atoms with Gasteiger partial charge in [0.15, 0.2) is 0 Å². The van der Waals surface area contributed by atoms with Crippen LogP contribution in [0.15, 0.2) is 45.8 Å². The van der Waals surface area contributed by atoms with Gasteiger partial charge in [-0.3, -0.25) is 5.10 Å². The Kier molecular flexibility index (Phi) is 4.19. The molecule has 0 saturated heterocycles. The number of nitrogens with one attached hydrogen (secondary N) is 1. The molecule has 0 spiro atoms. The van der Waals surface area contributed by atoms with Crippen LogP contribution in [-0.2, 0) is 6.42 Å². The van der Waals surface area contributed by atoms with Gasteiger partial charge in [0.1, 0.15) is 18.0 Å². The highest BCUT2D eigenvalue weighted by Crippen LogP contribution is 2.31. The molecule has 22 heavy (non-hydrogen) atoms. The van der Waals surface area contributed by atoms with Crippen molar-refractivity contribution in [1.82, 2.24) is 15.2 Å². The first kappa shape index (κ1) is 14.3. The van der Waals surface area contributed by atoms with Crippen molar-refractivity contribution in [3.05, 3.63) is 57.5 Å². The van der Waals surface area contributed by atoms with Gasteiger partial charge in [-0.05, 0) is 35.3 Å². The van der Waals surface area contributed by atoms with Crippen LogP contribution in [0.25, 0.3) is 0 Å². The summed E-state index contributed by atoms with van der Waals surface area (Å²) in [6.45, 7) is 0. The van der Waals surface area contributed by atoms with Crippen molar-refractivity contribution in [3.8, 4) is 12.1 Å². The minimum Gasteiger partial charge on any atom is -0.262 e. The van der Waals surface area contributed by atoms with E-state index < -0.39 is 0 Å². The first-order valence-electron chi connectivity index (χ1n) is 6.35. The number of H-pyrrole nitrogens is 1. The number of hydrogen-bond acceptors (Lipinski definition) is 6. The summed E-state index contributed by atoms with van der Waals surface area (Å²) in [5, 5.41) is 27.9. The van der Waals surface area contributed by atoms with Crippen LogP contribution in [0.2, 0.25) is 0 Å². The van der Waals surface area contributed by atoms with Crippen LogP contribution in [-0.4, -0.2) is 15.2 Å². The predicted molar refractivity (Wildman–Crippen MR) is 83.5 cm³/mol. The number of nitrogens with zero attached hydrogens (tertiary/aromatic N) is 4. The zero-order valence-corrected chi connectivity index (χ0v) is 12.9. The molecule has 1 aromatic carbocycles. The van der Waals surface area contributed by atoms with Crippen molar-refractivity contribution in [2.45, 2.75) is 16.5 Å². The Labute approximate surface area is 135 Å². The van der Waals surface area contributed by atoms with Gasteiger partial charge in [0.2, 0.25) is 5.16 Å². The average molecular weight is 323 g/mol. The number of nitriles is 2. The second-order valence-corrected chi connectivity index (χ2v) is 6.34. The Morgan fingerprint density at radius 1 is 1.14 bits per heavy atom. The highest BCUT2D eigenvalue weighted by molar-refractivity contribution is 7.99. The first-order valence-corrected chi connectivity index (χ1v) is 8.04. The zero-order valence-electron chi connectivity index (χ0n) is 11.3. The van der Waals surface area contributed by atoms with E-state index in [1.165, 1.54) is 16.6 Å². The van der Waals surface area contributed by atoms with Crippen molar-refractivity contribution in [3.63, 3.8) is 0 Å². The van der Waals surface area contributed by atoms with Gasteiger partial charge in [-0.2, -0.15) is 10.5 Å². The summed E-state index contributed by atoms with van der Waals surface area (Å²) in [4.78, 5) is 6.20. The highest BCUT2D eigenvalue weighted by atomic mass is 32.2. The van der Waals surface area contributed by atoms with Gasteiger partial charge in [-0.25, -0.2) is 4.98 Å². The third-order valence-corrected chi connectivity index (χ3v) is 4.77. The van der Waals surface area contributed by atoms with Gasteiger partial charge < -0.3 is 0 Å². The van der Waals surface area contributed by atoms with E-state index >= 15 is 0 Å². The second-order valence-electron chi connectivity index (χ2n) is 4.33. The number of aromatic amines is 1. The van der Waals surface area contributed by atoms with Crippen molar-refractivity contribution >= 4 is 23.1 Å². The summed E-state index contributed by atoms with van der Waals surface area (Å²) in [5.74, 6) is 0.762. The molecule has 1 N–H and O–H groups in total. The Bertz CT molecular complexity index is 836. The topological polar surface area (TPSA) is 89.1 Å². The second kappa shape index (κ2) is 6.44. The van der Waals surface area contributed by atoms with Gasteiger partial charge in [-0.15, -0.1) is 16.4 Å². The summed E-state index contributed by atoms with van der Waals surface area (Å²) in [6.07, 6.45) is 0.691. The monoisotopic (exact) mass is 323 g/mol. The molecule has 0 aliphatic heterocycles. The van der Waals surface area contributed by atoms with E-state index in [0.717, 1.165) is 5.82 Å². The summed E-state index contributed by atoms with van der Waals surface area (Å²) in [5.41, 5.74) is 0.905. The van der Waals surface area contributed by atoms with Crippen LogP contribution in [0.5, 0.6) is 0 Å². The molecule has 0 saturated carbocycles. The fraction of sp³-hybridized carbons (Fsp3) is 0.0667. The average Bonchev–Trinajstić information content (AvgIpc) is 3.20. The third-order valence-electron chi connectivity index (χ3n) is 2.88. The summed E-state index contributed by atoms with van der Waals surface area (Å²) >= 11 is 2.89. The molecular formula is C15H9N5S2. The van der Waals surface area contributed by atoms with E-state index in [1.54, 1.807) is 29.5 Å². The Morgan fingerprint density at radius 2 is 1.91 bits per heavy atom. The van der Waals surface area contributed by atoms with E-state index in [1.807, 2.05) is 17.5 Å². The van der Waals surface area contributed by atoms with Crippen molar-refractivity contribution in [2.24, 2.45) is 0 Å². The fourth-order valence-corrected chi connectivity index (χ4v) is 3.48. The van der Waals surface area contributed by atoms with E-state index in [9.17, 15) is 10.5 Å². The largest absolute Gasteiger partial charge is 0.262 e. The molecule has 7 heteroatoms. The van der Waals surface area contributed by atoms with Crippen LogP contribution in [0, 0.1) is 22.7 Å². The van der Waals surface area contributed by atoms with E-state index in [4.69, 9.17) is 0 Å². The lowest BCUT2D eigenvalue weighted by atomic mass is 10.1.